The van der Waals surface area contributed by atoms with Crippen molar-refractivity contribution in [1.29, 1.82) is 0 Å². The van der Waals surface area contributed by atoms with E-state index in [0.717, 1.165) is 30.5 Å². The number of hydrogen-bond donors (Lipinski definition) is 1. The Kier molecular flexibility index (Phi) is 3.59. The van der Waals surface area contributed by atoms with Crippen LogP contribution in [0, 0.1) is 0 Å². The van der Waals surface area contributed by atoms with E-state index in [1.54, 1.807) is 12.1 Å². The molecule has 1 amide bonds. The zero-order valence-corrected chi connectivity index (χ0v) is 11.2. The Balaban J connectivity index is 1.79. The molecule has 20 heavy (non-hydrogen) atoms. The molecule has 100 valence electrons. The van der Waals surface area contributed by atoms with E-state index in [1.807, 2.05) is 30.3 Å². The van der Waals surface area contributed by atoms with Gasteiger partial charge in [0.1, 0.15) is 0 Å². The standard InChI is InChI=1S/C17H16N2O/c20-17(14-8-2-1-3-9-14)19-18-16-12-6-10-13-7-4-5-11-15(13)16/h1-5,7-9,11H,6,10,12H2,(H,19,20). The summed E-state index contributed by atoms with van der Waals surface area (Å²) in [5, 5.41) is 4.32. The summed E-state index contributed by atoms with van der Waals surface area (Å²) in [5.74, 6) is -0.166. The van der Waals surface area contributed by atoms with Gasteiger partial charge < -0.3 is 0 Å². The van der Waals surface area contributed by atoms with Crippen LogP contribution in [0.5, 0.6) is 0 Å². The first-order valence-corrected chi connectivity index (χ1v) is 6.85. The quantitative estimate of drug-likeness (QED) is 0.832. The number of carbonyl (C=O) groups excluding carboxylic acids is 1. The van der Waals surface area contributed by atoms with Gasteiger partial charge in [-0.1, -0.05) is 42.5 Å². The molecule has 1 N–H and O–H groups in total. The number of hydrazone groups is 1. The van der Waals surface area contributed by atoms with Crippen molar-refractivity contribution < 1.29 is 4.79 Å². The Hall–Kier alpha value is -2.42. The van der Waals surface area contributed by atoms with E-state index in [9.17, 15) is 4.79 Å². The maximum Gasteiger partial charge on any atom is 0.271 e. The van der Waals surface area contributed by atoms with Gasteiger partial charge in [0.2, 0.25) is 0 Å². The molecule has 3 nitrogen and oxygen atoms in total. The highest BCUT2D eigenvalue weighted by molar-refractivity contribution is 6.04. The minimum atomic E-state index is -0.166. The van der Waals surface area contributed by atoms with Crippen molar-refractivity contribution in [3.05, 3.63) is 71.3 Å². The van der Waals surface area contributed by atoms with Crippen LogP contribution in [0.3, 0.4) is 0 Å². The average molecular weight is 264 g/mol. The smallest absolute Gasteiger partial charge is 0.267 e. The van der Waals surface area contributed by atoms with Crippen molar-refractivity contribution in [1.82, 2.24) is 5.43 Å². The molecule has 0 fully saturated rings. The number of hydrogen-bond acceptors (Lipinski definition) is 2. The van der Waals surface area contributed by atoms with E-state index in [2.05, 4.69) is 22.7 Å². The molecule has 0 saturated heterocycles. The van der Waals surface area contributed by atoms with E-state index in [0.29, 0.717) is 5.56 Å². The van der Waals surface area contributed by atoms with Gasteiger partial charge >= 0.3 is 0 Å². The van der Waals surface area contributed by atoms with Gasteiger partial charge in [-0.15, -0.1) is 0 Å². The monoisotopic (exact) mass is 264 g/mol. The van der Waals surface area contributed by atoms with Gasteiger partial charge in [0.25, 0.3) is 5.91 Å². The van der Waals surface area contributed by atoms with Gasteiger partial charge in [0, 0.05) is 11.1 Å². The van der Waals surface area contributed by atoms with E-state index < -0.39 is 0 Å². The summed E-state index contributed by atoms with van der Waals surface area (Å²) in [5.41, 5.74) is 6.72. The number of amides is 1. The molecule has 3 rings (SSSR count). The summed E-state index contributed by atoms with van der Waals surface area (Å²) in [6, 6.07) is 17.4. The fraction of sp³-hybridized carbons (Fsp3) is 0.176. The molecule has 0 aliphatic heterocycles. The third-order valence-corrected chi connectivity index (χ3v) is 3.52. The first-order valence-electron chi connectivity index (χ1n) is 6.85. The lowest BCUT2D eigenvalue weighted by Crippen LogP contribution is -2.22. The molecule has 0 aromatic heterocycles. The Morgan fingerprint density at radius 2 is 1.70 bits per heavy atom. The van der Waals surface area contributed by atoms with E-state index in [-0.39, 0.29) is 5.91 Å². The predicted molar refractivity (Wildman–Crippen MR) is 79.8 cm³/mol. The van der Waals surface area contributed by atoms with Crippen LogP contribution in [0.25, 0.3) is 0 Å². The molecule has 0 unspecified atom stereocenters. The molecule has 0 saturated carbocycles. The summed E-state index contributed by atoms with van der Waals surface area (Å²) in [6.45, 7) is 0. The number of fused-ring (bicyclic) bond motifs is 1. The van der Waals surface area contributed by atoms with Crippen molar-refractivity contribution >= 4 is 11.6 Å². The highest BCUT2D eigenvalue weighted by Gasteiger charge is 2.15. The molecule has 0 atom stereocenters. The van der Waals surface area contributed by atoms with Crippen LogP contribution in [-0.4, -0.2) is 11.6 Å². The SMILES string of the molecule is O=C(NN=C1CCCc2ccccc21)c1ccccc1. The average Bonchev–Trinajstić information content (AvgIpc) is 2.53. The summed E-state index contributed by atoms with van der Waals surface area (Å²) in [4.78, 5) is 12.0. The molecule has 0 heterocycles. The number of nitrogens with one attached hydrogen (secondary N) is 1. The number of rotatable bonds is 2. The summed E-state index contributed by atoms with van der Waals surface area (Å²) >= 11 is 0. The molecule has 0 bridgehead atoms. The number of aryl methyl sites for hydroxylation is 1. The fourth-order valence-electron chi connectivity index (χ4n) is 2.49. The van der Waals surface area contributed by atoms with Crippen molar-refractivity contribution in [2.24, 2.45) is 5.10 Å². The maximum absolute atomic E-state index is 12.0. The molecule has 1 aliphatic carbocycles. The molecular weight excluding hydrogens is 248 g/mol. The Bertz CT molecular complexity index is 647. The fourth-order valence-corrected chi connectivity index (χ4v) is 2.49. The maximum atomic E-state index is 12.0. The largest absolute Gasteiger partial charge is 0.271 e. The number of benzene rings is 2. The minimum Gasteiger partial charge on any atom is -0.267 e. The summed E-state index contributed by atoms with van der Waals surface area (Å²) in [7, 11) is 0. The van der Waals surface area contributed by atoms with Crippen molar-refractivity contribution in [3.8, 4) is 0 Å². The van der Waals surface area contributed by atoms with Crippen LogP contribution in [0.2, 0.25) is 0 Å². The molecule has 0 radical (unpaired) electrons. The van der Waals surface area contributed by atoms with Gasteiger partial charge in [-0.05, 0) is 37.0 Å². The first-order chi connectivity index (χ1) is 9.84. The third kappa shape index (κ3) is 2.62. The highest BCUT2D eigenvalue weighted by Crippen LogP contribution is 2.21. The zero-order chi connectivity index (χ0) is 13.8. The van der Waals surface area contributed by atoms with Crippen LogP contribution in [0.4, 0.5) is 0 Å². The third-order valence-electron chi connectivity index (χ3n) is 3.52. The lowest BCUT2D eigenvalue weighted by atomic mass is 9.90. The van der Waals surface area contributed by atoms with E-state index in [4.69, 9.17) is 0 Å². The van der Waals surface area contributed by atoms with Gasteiger partial charge in [0.15, 0.2) is 0 Å². The van der Waals surface area contributed by atoms with Crippen molar-refractivity contribution in [2.45, 2.75) is 19.3 Å². The van der Waals surface area contributed by atoms with E-state index >= 15 is 0 Å². The van der Waals surface area contributed by atoms with Gasteiger partial charge in [-0.3, -0.25) is 4.79 Å². The van der Waals surface area contributed by atoms with Crippen LogP contribution in [-0.2, 0) is 6.42 Å². The highest BCUT2D eigenvalue weighted by atomic mass is 16.2. The van der Waals surface area contributed by atoms with Crippen molar-refractivity contribution in [3.63, 3.8) is 0 Å². The molecule has 0 spiro atoms. The predicted octanol–water partition coefficient (Wildman–Crippen LogP) is 3.16. The van der Waals surface area contributed by atoms with Gasteiger partial charge in [0.05, 0.1) is 5.71 Å². The second-order valence-corrected chi connectivity index (χ2v) is 4.88. The van der Waals surface area contributed by atoms with Crippen LogP contribution in [0.15, 0.2) is 59.7 Å². The number of carbonyl (C=O) groups is 1. The first kappa shape index (κ1) is 12.6. The molecular formula is C17H16N2O. The lowest BCUT2D eigenvalue weighted by Gasteiger charge is -2.17. The summed E-state index contributed by atoms with van der Waals surface area (Å²) in [6.07, 6.45) is 3.07. The molecule has 1 aliphatic rings. The Morgan fingerprint density at radius 3 is 2.55 bits per heavy atom. The van der Waals surface area contributed by atoms with Crippen molar-refractivity contribution in [2.75, 3.05) is 0 Å². The van der Waals surface area contributed by atoms with Crippen LogP contribution < -0.4 is 5.43 Å². The summed E-state index contributed by atoms with van der Waals surface area (Å²) < 4.78 is 0. The van der Waals surface area contributed by atoms with Crippen LogP contribution >= 0.6 is 0 Å². The molecule has 2 aromatic carbocycles. The van der Waals surface area contributed by atoms with Gasteiger partial charge in [-0.2, -0.15) is 5.10 Å². The van der Waals surface area contributed by atoms with Crippen LogP contribution in [0.1, 0.15) is 34.3 Å². The topological polar surface area (TPSA) is 41.5 Å². The Labute approximate surface area is 118 Å². The Morgan fingerprint density at radius 1 is 0.950 bits per heavy atom. The second kappa shape index (κ2) is 5.70. The van der Waals surface area contributed by atoms with E-state index in [1.165, 1.54) is 5.56 Å². The molecule has 2 aromatic rings. The normalized spacial score (nSPS) is 15.7. The zero-order valence-electron chi connectivity index (χ0n) is 11.2. The minimum absolute atomic E-state index is 0.166. The second-order valence-electron chi connectivity index (χ2n) is 4.88. The lowest BCUT2D eigenvalue weighted by molar-refractivity contribution is 0.0954. The number of nitrogens with zero attached hydrogens (tertiary/aromatic N) is 1. The molecule has 3 heteroatoms. The van der Waals surface area contributed by atoms with Gasteiger partial charge in [-0.25, -0.2) is 5.43 Å².